The van der Waals surface area contributed by atoms with Gasteiger partial charge in [-0.3, -0.25) is 9.59 Å². The summed E-state index contributed by atoms with van der Waals surface area (Å²) in [7, 11) is 0. The van der Waals surface area contributed by atoms with Crippen molar-refractivity contribution >= 4 is 11.8 Å². The Balaban J connectivity index is 1.60. The molecule has 0 heterocycles. The van der Waals surface area contributed by atoms with Crippen LogP contribution in [0, 0.1) is 33.5 Å². The first-order chi connectivity index (χ1) is 14.9. The minimum atomic E-state index is -0.648. The third kappa shape index (κ3) is 2.61. The van der Waals surface area contributed by atoms with Crippen LogP contribution >= 0.6 is 0 Å². The number of carboxylic acid groups (broad SMARTS) is 1. The summed E-state index contributed by atoms with van der Waals surface area (Å²) in [6.07, 6.45) is 12.8. The minimum Gasteiger partial charge on any atom is -0.504 e. The van der Waals surface area contributed by atoms with Crippen molar-refractivity contribution in [3.05, 3.63) is 46.3 Å². The Morgan fingerprint density at radius 3 is 2.38 bits per heavy atom. The normalized spacial score (nSPS) is 45.5. The van der Waals surface area contributed by atoms with E-state index < -0.39 is 11.4 Å². The van der Waals surface area contributed by atoms with Crippen LogP contribution in [0.3, 0.4) is 0 Å². The lowest BCUT2D eigenvalue weighted by molar-refractivity contribution is -0.161. The van der Waals surface area contributed by atoms with Crippen LogP contribution in [0.5, 0.6) is 0 Å². The van der Waals surface area contributed by atoms with Gasteiger partial charge >= 0.3 is 5.97 Å². The molecule has 5 aliphatic carbocycles. The third-order valence-corrected chi connectivity index (χ3v) is 10.6. The number of carboxylic acids is 1. The van der Waals surface area contributed by atoms with Crippen LogP contribution in [-0.2, 0) is 9.59 Å². The maximum absolute atomic E-state index is 12.5. The van der Waals surface area contributed by atoms with E-state index in [9.17, 15) is 19.8 Å². The van der Waals surface area contributed by atoms with Gasteiger partial charge < -0.3 is 10.2 Å². The zero-order chi connectivity index (χ0) is 23.3. The average molecular weight is 437 g/mol. The number of hydrogen-bond acceptors (Lipinski definition) is 3. The fourth-order valence-electron chi connectivity index (χ4n) is 8.23. The molecule has 5 aliphatic rings. The highest BCUT2D eigenvalue weighted by molar-refractivity contribution is 6.06. The SMILES string of the molecule is CC1=C(O)C(=O)C=C2C1=CC=C1C2(C)CCC2C3C[C@](C)(C(=O)O)CCC3(C)CCC12C. The van der Waals surface area contributed by atoms with Gasteiger partial charge in [0, 0.05) is 11.0 Å². The number of aliphatic hydroxyl groups is 1. The average Bonchev–Trinajstić information content (AvgIpc) is 2.73. The summed E-state index contributed by atoms with van der Waals surface area (Å²) < 4.78 is 0. The lowest BCUT2D eigenvalue weighted by atomic mass is 9.39. The summed E-state index contributed by atoms with van der Waals surface area (Å²) in [5.74, 6) is -0.210. The van der Waals surface area contributed by atoms with Crippen molar-refractivity contribution in [2.24, 2.45) is 33.5 Å². The van der Waals surface area contributed by atoms with Crippen LogP contribution in [0.1, 0.15) is 79.6 Å². The number of ketones is 1. The Morgan fingerprint density at radius 1 is 1.00 bits per heavy atom. The fourth-order valence-corrected chi connectivity index (χ4v) is 8.23. The van der Waals surface area contributed by atoms with Crippen molar-refractivity contribution in [2.45, 2.75) is 79.6 Å². The van der Waals surface area contributed by atoms with Gasteiger partial charge in [-0.15, -0.1) is 0 Å². The van der Waals surface area contributed by atoms with Gasteiger partial charge in [-0.2, -0.15) is 0 Å². The van der Waals surface area contributed by atoms with Crippen molar-refractivity contribution in [1.29, 1.82) is 0 Å². The van der Waals surface area contributed by atoms with E-state index in [0.717, 1.165) is 56.1 Å². The maximum Gasteiger partial charge on any atom is 0.309 e. The first-order valence-corrected chi connectivity index (χ1v) is 12.2. The van der Waals surface area contributed by atoms with E-state index in [0.29, 0.717) is 17.4 Å². The second-order valence-corrected chi connectivity index (χ2v) is 12.3. The van der Waals surface area contributed by atoms with E-state index in [2.05, 4.69) is 32.9 Å². The lowest BCUT2D eigenvalue weighted by Crippen LogP contribution is -2.56. The van der Waals surface area contributed by atoms with Gasteiger partial charge in [-0.25, -0.2) is 0 Å². The van der Waals surface area contributed by atoms with E-state index >= 15 is 0 Å². The number of aliphatic hydroxyl groups excluding tert-OH is 1. The van der Waals surface area contributed by atoms with Crippen LogP contribution in [0.2, 0.25) is 0 Å². The van der Waals surface area contributed by atoms with Crippen molar-refractivity contribution in [1.82, 2.24) is 0 Å². The summed E-state index contributed by atoms with van der Waals surface area (Å²) in [5, 5.41) is 20.2. The molecule has 4 nitrogen and oxygen atoms in total. The number of carbonyl (C=O) groups is 2. The smallest absolute Gasteiger partial charge is 0.309 e. The van der Waals surface area contributed by atoms with Crippen molar-refractivity contribution < 1.29 is 19.8 Å². The molecule has 4 heteroatoms. The number of rotatable bonds is 1. The molecule has 0 aliphatic heterocycles. The van der Waals surface area contributed by atoms with Gasteiger partial charge in [0.1, 0.15) is 0 Å². The summed E-state index contributed by atoms with van der Waals surface area (Å²) in [4.78, 5) is 24.7. The summed E-state index contributed by atoms with van der Waals surface area (Å²) in [6.45, 7) is 10.9. The monoisotopic (exact) mass is 436 g/mol. The molecule has 32 heavy (non-hydrogen) atoms. The quantitative estimate of drug-likeness (QED) is 0.505. The van der Waals surface area contributed by atoms with Crippen LogP contribution in [0.4, 0.5) is 0 Å². The van der Waals surface area contributed by atoms with E-state index in [1.807, 2.05) is 13.8 Å². The third-order valence-electron chi connectivity index (χ3n) is 10.6. The molecule has 5 unspecified atom stereocenters. The first-order valence-electron chi connectivity index (χ1n) is 12.2. The summed E-state index contributed by atoms with van der Waals surface area (Å²) in [6, 6.07) is 0. The molecule has 6 atom stereocenters. The van der Waals surface area contributed by atoms with E-state index in [-0.39, 0.29) is 27.8 Å². The molecule has 0 amide bonds. The standard InChI is InChI=1S/C28H36O4/c1-16-17-6-7-22-27(4,19(17)14-21(29)23(16)30)9-8-18-20-15-26(3,24(31)32)11-10-25(20,2)12-13-28(18,22)5/h6-7,14,18,20,30H,8-13,15H2,1-5H3,(H,31,32)/t18?,20?,25?,26-,27?,28?/m1/s1. The van der Waals surface area contributed by atoms with Gasteiger partial charge in [0.2, 0.25) is 5.78 Å². The van der Waals surface area contributed by atoms with Gasteiger partial charge in [0.25, 0.3) is 0 Å². The van der Waals surface area contributed by atoms with E-state index in [1.54, 1.807) is 6.08 Å². The Kier molecular flexibility index (Phi) is 4.40. The summed E-state index contributed by atoms with van der Waals surface area (Å²) in [5.41, 5.74) is 3.50. The number of fused-ring (bicyclic) bond motifs is 7. The summed E-state index contributed by atoms with van der Waals surface area (Å²) >= 11 is 0. The highest BCUT2D eigenvalue weighted by Crippen LogP contribution is 2.70. The van der Waals surface area contributed by atoms with Crippen molar-refractivity contribution in [3.63, 3.8) is 0 Å². The fraction of sp³-hybridized carbons (Fsp3) is 0.643. The molecule has 0 spiro atoms. The predicted molar refractivity (Wildman–Crippen MR) is 124 cm³/mol. The van der Waals surface area contributed by atoms with Gasteiger partial charge in [-0.1, -0.05) is 38.5 Å². The largest absolute Gasteiger partial charge is 0.504 e. The topological polar surface area (TPSA) is 74.6 Å². The first kappa shape index (κ1) is 21.7. The predicted octanol–water partition coefficient (Wildman–Crippen LogP) is 6.31. The Morgan fingerprint density at radius 2 is 1.69 bits per heavy atom. The molecule has 0 radical (unpaired) electrons. The Bertz CT molecular complexity index is 1060. The maximum atomic E-state index is 12.5. The molecule has 0 saturated heterocycles. The van der Waals surface area contributed by atoms with Crippen LogP contribution < -0.4 is 0 Å². The number of carbonyl (C=O) groups excluding carboxylic acids is 1. The number of allylic oxidation sites excluding steroid dienone is 7. The van der Waals surface area contributed by atoms with Crippen LogP contribution in [0.25, 0.3) is 0 Å². The molecular formula is C28H36O4. The number of hydrogen-bond donors (Lipinski definition) is 2. The van der Waals surface area contributed by atoms with Crippen molar-refractivity contribution in [3.8, 4) is 0 Å². The molecular weight excluding hydrogens is 400 g/mol. The highest BCUT2D eigenvalue weighted by Gasteiger charge is 2.62. The molecule has 0 aromatic carbocycles. The lowest BCUT2D eigenvalue weighted by Gasteiger charge is -2.64. The zero-order valence-electron chi connectivity index (χ0n) is 20.0. The molecule has 0 bridgehead atoms. The molecule has 3 saturated carbocycles. The van der Waals surface area contributed by atoms with Crippen LogP contribution in [0.15, 0.2) is 46.3 Å². The Hall–Kier alpha value is -2.10. The van der Waals surface area contributed by atoms with E-state index in [4.69, 9.17) is 0 Å². The molecule has 0 aromatic rings. The second-order valence-electron chi connectivity index (χ2n) is 12.3. The molecule has 0 aromatic heterocycles. The Labute approximate surface area is 191 Å². The van der Waals surface area contributed by atoms with Crippen molar-refractivity contribution in [2.75, 3.05) is 0 Å². The molecule has 2 N–H and O–H groups in total. The van der Waals surface area contributed by atoms with Gasteiger partial charge in [0.15, 0.2) is 5.76 Å². The molecule has 5 rings (SSSR count). The molecule has 172 valence electrons. The zero-order valence-corrected chi connectivity index (χ0v) is 20.0. The molecule has 3 fully saturated rings. The minimum absolute atomic E-state index is 0.00302. The van der Waals surface area contributed by atoms with Gasteiger partial charge in [0.05, 0.1) is 5.41 Å². The number of aliphatic carboxylic acids is 1. The highest BCUT2D eigenvalue weighted by atomic mass is 16.4. The van der Waals surface area contributed by atoms with E-state index in [1.165, 1.54) is 5.57 Å². The van der Waals surface area contributed by atoms with Gasteiger partial charge in [-0.05, 0) is 98.7 Å². The second kappa shape index (κ2) is 6.48. The van der Waals surface area contributed by atoms with Crippen LogP contribution in [-0.4, -0.2) is 22.0 Å².